The molecule has 11 nitrogen and oxygen atoms in total. The standard InChI is InChI=1S/C12H20O6.C7H17NO.C4H12N2O/c1(13-3-10-5-16-10)9(15-7-12-8-18-12)2-14-4-11-6-17-11;1-6(2)4-9-5-7(3)8;5-1-3-7-4-2-6/h9-12H,1-8H2;6-7H,4-5,8H2,1-3H3;1-6H2. The zero-order valence-corrected chi connectivity index (χ0v) is 21.4. The summed E-state index contributed by atoms with van der Waals surface area (Å²) in [7, 11) is 0. The van der Waals surface area contributed by atoms with Crippen molar-refractivity contribution >= 4 is 0 Å². The second-order valence-corrected chi connectivity index (χ2v) is 8.99. The maximum Gasteiger partial charge on any atom is 0.104 e. The molecule has 11 heteroatoms. The van der Waals surface area contributed by atoms with Gasteiger partial charge >= 0.3 is 0 Å². The van der Waals surface area contributed by atoms with Crippen molar-refractivity contribution in [2.24, 2.45) is 23.1 Å². The Morgan fingerprint density at radius 2 is 1.15 bits per heavy atom. The van der Waals surface area contributed by atoms with Crippen LogP contribution in [0.25, 0.3) is 0 Å². The molecule has 3 saturated heterocycles. The summed E-state index contributed by atoms with van der Waals surface area (Å²) in [4.78, 5) is 0. The van der Waals surface area contributed by atoms with Gasteiger partial charge in [0.1, 0.15) is 24.4 Å². The van der Waals surface area contributed by atoms with Crippen LogP contribution in [0.1, 0.15) is 20.8 Å². The Bertz CT molecular complexity index is 420. The van der Waals surface area contributed by atoms with Gasteiger partial charge in [0.2, 0.25) is 0 Å². The quantitative estimate of drug-likeness (QED) is 0.157. The van der Waals surface area contributed by atoms with Crippen LogP contribution in [-0.4, -0.2) is 123 Å². The predicted octanol–water partition coefficient (Wildman–Crippen LogP) is -0.472. The molecule has 0 aliphatic carbocycles. The molecule has 0 saturated carbocycles. The van der Waals surface area contributed by atoms with E-state index in [0.717, 1.165) is 26.4 Å². The van der Waals surface area contributed by atoms with Crippen LogP contribution in [0.3, 0.4) is 0 Å². The molecule has 6 N–H and O–H groups in total. The Hall–Kier alpha value is -0.440. The zero-order chi connectivity index (χ0) is 25.0. The third-order valence-corrected chi connectivity index (χ3v) is 4.30. The first-order chi connectivity index (χ1) is 16.4. The highest BCUT2D eigenvalue weighted by Gasteiger charge is 2.27. The van der Waals surface area contributed by atoms with Crippen molar-refractivity contribution in [2.75, 3.05) is 92.4 Å². The minimum Gasteiger partial charge on any atom is -0.380 e. The fourth-order valence-electron chi connectivity index (χ4n) is 2.30. The van der Waals surface area contributed by atoms with Gasteiger partial charge in [0.25, 0.3) is 0 Å². The lowest BCUT2D eigenvalue weighted by Crippen LogP contribution is -2.28. The first-order valence-corrected chi connectivity index (χ1v) is 12.4. The summed E-state index contributed by atoms with van der Waals surface area (Å²) in [5.41, 5.74) is 15.7. The zero-order valence-electron chi connectivity index (χ0n) is 21.4. The van der Waals surface area contributed by atoms with Crippen molar-refractivity contribution < 1.29 is 37.9 Å². The van der Waals surface area contributed by atoms with E-state index in [4.69, 9.17) is 55.1 Å². The van der Waals surface area contributed by atoms with Crippen molar-refractivity contribution in [3.8, 4) is 0 Å². The smallest absolute Gasteiger partial charge is 0.104 e. The minimum absolute atomic E-state index is 0.0355. The molecule has 0 radical (unpaired) electrons. The van der Waals surface area contributed by atoms with Crippen molar-refractivity contribution in [1.82, 2.24) is 0 Å². The first kappa shape index (κ1) is 31.6. The summed E-state index contributed by atoms with van der Waals surface area (Å²) in [6.45, 7) is 15.5. The number of epoxide rings is 3. The second kappa shape index (κ2) is 20.7. The summed E-state index contributed by atoms with van der Waals surface area (Å²) in [6.07, 6.45) is 0.814. The molecule has 4 atom stereocenters. The molecule has 204 valence electrons. The van der Waals surface area contributed by atoms with E-state index in [1.54, 1.807) is 0 Å². The van der Waals surface area contributed by atoms with E-state index >= 15 is 0 Å². The van der Waals surface area contributed by atoms with E-state index in [1.165, 1.54) is 0 Å². The van der Waals surface area contributed by atoms with Crippen LogP contribution >= 0.6 is 0 Å². The molecule has 0 aromatic heterocycles. The molecule has 4 unspecified atom stereocenters. The lowest BCUT2D eigenvalue weighted by molar-refractivity contribution is -0.0661. The van der Waals surface area contributed by atoms with Crippen LogP contribution in [-0.2, 0) is 37.9 Å². The lowest BCUT2D eigenvalue weighted by Gasteiger charge is -2.17. The van der Waals surface area contributed by atoms with E-state index in [9.17, 15) is 0 Å². The Balaban J connectivity index is 0.000000305. The van der Waals surface area contributed by atoms with Crippen LogP contribution in [0, 0.1) is 5.92 Å². The Morgan fingerprint density at radius 1 is 0.676 bits per heavy atom. The van der Waals surface area contributed by atoms with Gasteiger partial charge in [-0.1, -0.05) is 13.8 Å². The average Bonchev–Trinajstić information content (AvgIpc) is 3.62. The van der Waals surface area contributed by atoms with Crippen LogP contribution in [0.5, 0.6) is 0 Å². The summed E-state index contributed by atoms with van der Waals surface area (Å²) < 4.78 is 42.2. The molecule has 0 aromatic carbocycles. The molecule has 0 amide bonds. The van der Waals surface area contributed by atoms with Gasteiger partial charge in [-0.15, -0.1) is 0 Å². The number of hydrogen-bond acceptors (Lipinski definition) is 11. The van der Waals surface area contributed by atoms with Crippen molar-refractivity contribution in [3.63, 3.8) is 0 Å². The molecule has 3 fully saturated rings. The summed E-state index contributed by atoms with van der Waals surface area (Å²) in [5, 5.41) is 0. The van der Waals surface area contributed by atoms with Crippen LogP contribution in [0.4, 0.5) is 0 Å². The Kier molecular flexibility index (Phi) is 19.3. The summed E-state index contributed by atoms with van der Waals surface area (Å²) >= 11 is 0. The van der Waals surface area contributed by atoms with Gasteiger partial charge in [-0.05, 0) is 12.8 Å². The molecule has 3 aliphatic heterocycles. The normalized spacial score (nSPS) is 23.9. The Labute approximate surface area is 205 Å². The molecular formula is C23H49N3O8. The third kappa shape index (κ3) is 23.3. The highest BCUT2D eigenvalue weighted by molar-refractivity contribution is 4.72. The van der Waals surface area contributed by atoms with Crippen LogP contribution < -0.4 is 17.2 Å². The maximum atomic E-state index is 5.71. The summed E-state index contributed by atoms with van der Waals surface area (Å²) in [6, 6.07) is 0.170. The lowest BCUT2D eigenvalue weighted by atomic mass is 10.2. The van der Waals surface area contributed by atoms with Crippen molar-refractivity contribution in [2.45, 2.75) is 51.2 Å². The van der Waals surface area contributed by atoms with E-state index in [-0.39, 0.29) is 30.5 Å². The fraction of sp³-hybridized carbons (Fsp3) is 1.00. The van der Waals surface area contributed by atoms with Gasteiger partial charge in [-0.25, -0.2) is 0 Å². The largest absolute Gasteiger partial charge is 0.380 e. The first-order valence-electron chi connectivity index (χ1n) is 12.4. The molecule has 0 bridgehead atoms. The van der Waals surface area contributed by atoms with Gasteiger partial charge < -0.3 is 55.1 Å². The molecule has 0 spiro atoms. The molecule has 3 aliphatic rings. The number of ether oxygens (including phenoxy) is 8. The molecule has 3 rings (SSSR count). The van der Waals surface area contributed by atoms with Crippen molar-refractivity contribution in [3.05, 3.63) is 0 Å². The van der Waals surface area contributed by atoms with Gasteiger partial charge in [-0.2, -0.15) is 0 Å². The third-order valence-electron chi connectivity index (χ3n) is 4.30. The fourth-order valence-corrected chi connectivity index (χ4v) is 2.30. The van der Waals surface area contributed by atoms with Crippen LogP contribution in [0.15, 0.2) is 0 Å². The van der Waals surface area contributed by atoms with Crippen molar-refractivity contribution in [1.29, 1.82) is 0 Å². The van der Waals surface area contributed by atoms with E-state index in [1.807, 2.05) is 6.92 Å². The molecule has 0 aromatic rings. The minimum atomic E-state index is -0.0355. The van der Waals surface area contributed by atoms with Gasteiger partial charge in [0.05, 0.1) is 72.7 Å². The summed E-state index contributed by atoms with van der Waals surface area (Å²) in [5.74, 6) is 0.615. The molecule has 34 heavy (non-hydrogen) atoms. The Morgan fingerprint density at radius 3 is 1.53 bits per heavy atom. The van der Waals surface area contributed by atoms with Gasteiger partial charge in [-0.3, -0.25) is 0 Å². The topological polar surface area (TPSA) is 162 Å². The van der Waals surface area contributed by atoms with E-state index < -0.39 is 0 Å². The van der Waals surface area contributed by atoms with Gasteiger partial charge in [0.15, 0.2) is 0 Å². The number of nitrogens with two attached hydrogens (primary N) is 3. The second-order valence-electron chi connectivity index (χ2n) is 8.99. The molecule has 3 heterocycles. The number of hydrogen-bond donors (Lipinski definition) is 3. The predicted molar refractivity (Wildman–Crippen MR) is 129 cm³/mol. The van der Waals surface area contributed by atoms with E-state index in [0.29, 0.717) is 71.9 Å². The van der Waals surface area contributed by atoms with Crippen LogP contribution in [0.2, 0.25) is 0 Å². The average molecular weight is 496 g/mol. The SMILES string of the molecule is C(OCC1CO1)C(COCC1CO1)OCC1CO1.CC(C)COCC(C)N.NCCOCCN. The van der Waals surface area contributed by atoms with Gasteiger partial charge in [0, 0.05) is 25.7 Å². The molecular weight excluding hydrogens is 446 g/mol. The van der Waals surface area contributed by atoms with E-state index in [2.05, 4.69) is 13.8 Å². The monoisotopic (exact) mass is 495 g/mol. The highest BCUT2D eigenvalue weighted by Crippen LogP contribution is 2.13. The maximum absolute atomic E-state index is 5.71. The number of rotatable bonds is 19. The highest BCUT2D eigenvalue weighted by atomic mass is 16.6.